The predicted octanol–water partition coefficient (Wildman–Crippen LogP) is -3.83. The molecule has 13 N–H and O–H groups in total. The van der Waals surface area contributed by atoms with Crippen LogP contribution in [0.15, 0.2) is 24.3 Å². The van der Waals surface area contributed by atoms with Gasteiger partial charge in [-0.15, -0.1) is 11.8 Å². The summed E-state index contributed by atoms with van der Waals surface area (Å²) >= 11 is 1.27. The molecule has 3 rings (SSSR count). The van der Waals surface area contributed by atoms with Crippen LogP contribution in [-0.4, -0.2) is 96.4 Å². The van der Waals surface area contributed by atoms with Crippen LogP contribution in [0.2, 0.25) is 0 Å². The number of aliphatic carboxylic acids is 1. The third kappa shape index (κ3) is 6.66. The Labute approximate surface area is 216 Å². The van der Waals surface area contributed by atoms with E-state index in [4.69, 9.17) is 5.73 Å². The maximum atomic E-state index is 13.2. The Balaban J connectivity index is 0.00000432. The molecule has 0 spiro atoms. The van der Waals surface area contributed by atoms with E-state index in [1.54, 1.807) is 13.8 Å². The van der Waals surface area contributed by atoms with Gasteiger partial charge >= 0.3 is 5.97 Å². The molecule has 2 saturated heterocycles. The van der Waals surface area contributed by atoms with Crippen molar-refractivity contribution in [2.45, 2.75) is 54.6 Å². The van der Waals surface area contributed by atoms with E-state index >= 15 is 0 Å². The second-order valence-electron chi connectivity index (χ2n) is 8.60. The number of aromatic hydroxyl groups is 1. The summed E-state index contributed by atoms with van der Waals surface area (Å²) in [6.45, 7) is 3.43. The van der Waals surface area contributed by atoms with Crippen molar-refractivity contribution in [1.82, 2.24) is 20.9 Å². The molecule has 16 heteroatoms. The van der Waals surface area contributed by atoms with E-state index in [2.05, 4.69) is 16.0 Å². The first-order valence-electron chi connectivity index (χ1n) is 10.5. The molecule has 1 aromatic rings. The zero-order valence-corrected chi connectivity index (χ0v) is 21.1. The summed E-state index contributed by atoms with van der Waals surface area (Å²) in [6.07, 6.45) is -0.299. The number of carbonyl (C=O) groups excluding carboxylic acids is 4. The minimum Gasteiger partial charge on any atom is -0.508 e. The Hall–Kier alpha value is -3.44. The first-order valence-corrected chi connectivity index (χ1v) is 11.3. The molecule has 0 saturated carbocycles. The summed E-state index contributed by atoms with van der Waals surface area (Å²) < 4.78 is -0.761. The molecule has 0 aromatic heterocycles. The van der Waals surface area contributed by atoms with Crippen molar-refractivity contribution in [3.8, 4) is 5.75 Å². The lowest BCUT2D eigenvalue weighted by atomic mass is 9.95. The highest BCUT2D eigenvalue weighted by atomic mass is 32.2. The topological polar surface area (TPSA) is 286 Å². The predicted molar refractivity (Wildman–Crippen MR) is 132 cm³/mol. The third-order valence-electron chi connectivity index (χ3n) is 5.77. The number of benzene rings is 1. The van der Waals surface area contributed by atoms with Crippen LogP contribution >= 0.6 is 11.8 Å². The van der Waals surface area contributed by atoms with Crippen molar-refractivity contribution in [3.63, 3.8) is 0 Å². The molecule has 1 aromatic carbocycles. The van der Waals surface area contributed by atoms with Crippen molar-refractivity contribution < 1.29 is 50.6 Å². The highest BCUT2D eigenvalue weighted by molar-refractivity contribution is 8.01. The number of nitrogens with zero attached hydrogens (tertiary/aromatic N) is 1. The molecule has 2 aliphatic heterocycles. The van der Waals surface area contributed by atoms with E-state index in [9.17, 15) is 34.2 Å². The number of phenolic OH excluding ortho intramolecular Hbond substituents is 1. The molecule has 0 aliphatic carbocycles. The van der Waals surface area contributed by atoms with Gasteiger partial charge in [0.15, 0.2) is 0 Å². The van der Waals surface area contributed by atoms with E-state index in [-0.39, 0.29) is 28.6 Å². The van der Waals surface area contributed by atoms with Crippen molar-refractivity contribution in [1.29, 1.82) is 0 Å². The number of carboxylic acids is 1. The van der Waals surface area contributed by atoms with Gasteiger partial charge in [0, 0.05) is 11.8 Å². The summed E-state index contributed by atoms with van der Waals surface area (Å²) in [6, 6.07) is 0.997. The summed E-state index contributed by atoms with van der Waals surface area (Å²) in [5, 5.41) is 26.0. The molecular weight excluding hydrogens is 514 g/mol. The highest BCUT2D eigenvalue weighted by Crippen LogP contribution is 2.50. The molecular formula is C21H33N5O10S. The molecule has 5 atom stereocenters. The van der Waals surface area contributed by atoms with Crippen LogP contribution in [0, 0.1) is 0 Å². The Bertz CT molecular complexity index is 1020. The van der Waals surface area contributed by atoms with Crippen molar-refractivity contribution >= 4 is 41.4 Å². The van der Waals surface area contributed by atoms with Gasteiger partial charge in [0.05, 0.1) is 12.5 Å². The van der Waals surface area contributed by atoms with Crippen LogP contribution in [0.25, 0.3) is 0 Å². The normalized spacial score (nSPS) is 22.3. The molecule has 208 valence electrons. The molecule has 37 heavy (non-hydrogen) atoms. The number of carbonyl (C=O) groups is 5. The number of fused-ring (bicyclic) bond motifs is 1. The number of carboxylic acid groups (broad SMARTS) is 1. The van der Waals surface area contributed by atoms with Crippen LogP contribution in [0.3, 0.4) is 0 Å². The first-order chi connectivity index (χ1) is 15.9. The lowest BCUT2D eigenvalue weighted by molar-refractivity contribution is -0.161. The molecule has 0 unspecified atom stereocenters. The second kappa shape index (κ2) is 12.7. The van der Waals surface area contributed by atoms with E-state index in [0.717, 1.165) is 0 Å². The fourth-order valence-electron chi connectivity index (χ4n) is 3.99. The number of nitrogens with one attached hydrogen (secondary N) is 3. The van der Waals surface area contributed by atoms with Crippen molar-refractivity contribution in [2.75, 3.05) is 7.05 Å². The van der Waals surface area contributed by atoms with Crippen LogP contribution in [0.4, 0.5) is 0 Å². The summed E-state index contributed by atoms with van der Waals surface area (Å²) in [4.78, 5) is 62.9. The summed E-state index contributed by atoms with van der Waals surface area (Å²) in [5.41, 5.74) is 6.09. The number of β-lactam (4-membered cyclic amide) rings is 1. The van der Waals surface area contributed by atoms with Gasteiger partial charge in [-0.05, 0) is 31.5 Å². The zero-order chi connectivity index (χ0) is 25.4. The quantitative estimate of drug-likeness (QED) is 0.173. The number of nitrogens with two attached hydrogens (primary N) is 1. The number of thioether (sulfide) groups is 1. The molecule has 2 heterocycles. The lowest BCUT2D eigenvalue weighted by Crippen LogP contribution is -2.71. The van der Waals surface area contributed by atoms with Gasteiger partial charge in [-0.3, -0.25) is 19.2 Å². The third-order valence-corrected chi connectivity index (χ3v) is 7.34. The van der Waals surface area contributed by atoms with Gasteiger partial charge in [-0.2, -0.15) is 0 Å². The van der Waals surface area contributed by atoms with Gasteiger partial charge in [0.25, 0.3) is 0 Å². The molecule has 2 fully saturated rings. The Morgan fingerprint density at radius 1 is 1.11 bits per heavy atom. The second-order valence-corrected chi connectivity index (χ2v) is 10.4. The van der Waals surface area contributed by atoms with Crippen LogP contribution in [0.5, 0.6) is 5.75 Å². The molecule has 2 aliphatic rings. The monoisotopic (exact) mass is 547 g/mol. The first kappa shape index (κ1) is 33.6. The van der Waals surface area contributed by atoms with Crippen molar-refractivity contribution in [3.05, 3.63) is 29.8 Å². The van der Waals surface area contributed by atoms with Crippen LogP contribution in [0.1, 0.15) is 31.9 Å². The fraction of sp³-hybridized carbons (Fsp3) is 0.476. The standard InChI is InChI=1S/C21H27N5O7S.3H2O/c1-21(2)15(20(32)33)26-18(31)14(19(26)34-21)25-17(30)13(9-4-6-10(27)7-5-9)24-16(29)11(22)8-12(28)23-3;;;/h4-7,11,13-15,19,27H,8,22H2,1-3H3,(H,23,28)(H,24,29)(H,25,30)(H,32,33);3*1H2/t11-,13-,14-,15+,19-;;;/m1.../s1. The van der Waals surface area contributed by atoms with Crippen molar-refractivity contribution in [2.24, 2.45) is 5.73 Å². The van der Waals surface area contributed by atoms with Gasteiger partial charge in [0.2, 0.25) is 23.6 Å². The Morgan fingerprint density at radius 3 is 2.19 bits per heavy atom. The Morgan fingerprint density at radius 2 is 1.68 bits per heavy atom. The molecule has 4 amide bonds. The number of amides is 4. The minimum atomic E-state index is -1.28. The van der Waals surface area contributed by atoms with E-state index in [0.29, 0.717) is 5.56 Å². The van der Waals surface area contributed by atoms with E-state index in [1.165, 1.54) is 48.0 Å². The van der Waals surface area contributed by atoms with Gasteiger partial charge < -0.3 is 53.2 Å². The zero-order valence-electron chi connectivity index (χ0n) is 20.3. The minimum absolute atomic E-state index is 0. The van der Waals surface area contributed by atoms with Gasteiger partial charge in [0.1, 0.15) is 29.2 Å². The maximum absolute atomic E-state index is 13.2. The largest absolute Gasteiger partial charge is 0.508 e. The number of phenols is 1. The van der Waals surface area contributed by atoms with E-state index in [1.807, 2.05) is 0 Å². The average molecular weight is 548 g/mol. The lowest BCUT2D eigenvalue weighted by Gasteiger charge is -2.44. The fourth-order valence-corrected chi connectivity index (χ4v) is 5.62. The summed E-state index contributed by atoms with van der Waals surface area (Å²) in [5.74, 6) is -3.66. The number of hydrogen-bond acceptors (Lipinski definition) is 8. The smallest absolute Gasteiger partial charge is 0.327 e. The van der Waals surface area contributed by atoms with Gasteiger partial charge in [-0.1, -0.05) is 12.1 Å². The Kier molecular flexibility index (Phi) is 11.5. The average Bonchev–Trinajstić information content (AvgIpc) is 3.03. The molecule has 0 radical (unpaired) electrons. The van der Waals surface area contributed by atoms with Gasteiger partial charge in [-0.25, -0.2) is 4.79 Å². The van der Waals surface area contributed by atoms with E-state index < -0.39 is 63.9 Å². The SMILES string of the molecule is CNC(=O)C[C@@H](N)C(=O)N[C@@H](C(=O)N[C@@H]1C(=O)N2[C@@H]1SC(C)(C)[C@@H]2C(=O)O)c1ccc(O)cc1.O.O.O. The molecule has 0 bridgehead atoms. The van der Waals surface area contributed by atoms with Crippen LogP contribution in [-0.2, 0) is 24.0 Å². The highest BCUT2D eigenvalue weighted by Gasteiger charge is 2.64. The van der Waals surface area contributed by atoms with Crippen LogP contribution < -0.4 is 21.7 Å². The summed E-state index contributed by atoms with van der Waals surface area (Å²) in [7, 11) is 1.40. The number of rotatable bonds is 8. The maximum Gasteiger partial charge on any atom is 0.327 e. The molecule has 15 nitrogen and oxygen atoms in total. The number of hydrogen-bond donors (Lipinski definition) is 6.